The first-order chi connectivity index (χ1) is 10.2. The highest BCUT2D eigenvalue weighted by molar-refractivity contribution is 6.00. The smallest absolute Gasteiger partial charge is 0.139 e. The Bertz CT molecular complexity index is 543. The van der Waals surface area contributed by atoms with Crippen molar-refractivity contribution < 1.29 is 5.11 Å². The molecule has 1 aromatic heterocycles. The molecule has 2 aliphatic rings. The van der Waals surface area contributed by atoms with Crippen LogP contribution in [0.5, 0.6) is 0 Å². The first kappa shape index (κ1) is 14.3. The third-order valence-electron chi connectivity index (χ3n) is 4.69. The van der Waals surface area contributed by atoms with Gasteiger partial charge in [-0.25, -0.2) is 4.98 Å². The third-order valence-corrected chi connectivity index (χ3v) is 4.69. The highest BCUT2D eigenvalue weighted by Crippen LogP contribution is 2.30. The van der Waals surface area contributed by atoms with Gasteiger partial charge < -0.3 is 15.7 Å². The average molecular weight is 288 g/mol. The number of aromatic nitrogens is 1. The van der Waals surface area contributed by atoms with Crippen LogP contribution in [0.3, 0.4) is 0 Å². The summed E-state index contributed by atoms with van der Waals surface area (Å²) in [6.45, 7) is 2.10. The predicted molar refractivity (Wildman–Crippen MR) is 83.9 cm³/mol. The van der Waals surface area contributed by atoms with Crippen molar-refractivity contribution in [3.8, 4) is 0 Å². The van der Waals surface area contributed by atoms with Crippen molar-refractivity contribution in [2.24, 2.45) is 11.7 Å². The average Bonchev–Trinajstić information content (AvgIpc) is 2.94. The predicted octanol–water partition coefficient (Wildman–Crippen LogP) is 1.45. The summed E-state index contributed by atoms with van der Waals surface area (Å²) in [6, 6.07) is 2.08. The van der Waals surface area contributed by atoms with E-state index in [4.69, 9.17) is 21.2 Å². The van der Waals surface area contributed by atoms with Gasteiger partial charge in [-0.1, -0.05) is 0 Å². The minimum absolute atomic E-state index is 0.108. The zero-order chi connectivity index (χ0) is 14.8. The fourth-order valence-corrected chi connectivity index (χ4v) is 3.51. The molecule has 4 N–H and O–H groups in total. The number of rotatable bonds is 4. The maximum absolute atomic E-state index is 9.10. The summed E-state index contributed by atoms with van der Waals surface area (Å²) in [5.74, 6) is 1.51. The molecule has 5 heteroatoms. The summed E-state index contributed by atoms with van der Waals surface area (Å²) in [5, 5.41) is 17.0. The molecule has 2 heterocycles. The van der Waals surface area contributed by atoms with Crippen LogP contribution in [0, 0.1) is 11.3 Å². The maximum Gasteiger partial charge on any atom is 0.139 e. The zero-order valence-electron chi connectivity index (χ0n) is 12.4. The Morgan fingerprint density at radius 3 is 3.00 bits per heavy atom. The van der Waals surface area contributed by atoms with E-state index in [1.165, 1.54) is 24.1 Å². The summed E-state index contributed by atoms with van der Waals surface area (Å²) in [6.07, 6.45) is 6.41. The van der Waals surface area contributed by atoms with Gasteiger partial charge in [0.15, 0.2) is 0 Å². The second kappa shape index (κ2) is 6.02. The van der Waals surface area contributed by atoms with Crippen LogP contribution in [0.15, 0.2) is 6.07 Å². The van der Waals surface area contributed by atoms with E-state index >= 15 is 0 Å². The van der Waals surface area contributed by atoms with Crippen molar-refractivity contribution in [2.75, 3.05) is 24.6 Å². The Morgan fingerprint density at radius 2 is 2.24 bits per heavy atom. The Labute approximate surface area is 125 Å². The number of hydrogen-bond acceptors (Lipinski definition) is 4. The highest BCUT2D eigenvalue weighted by Gasteiger charge is 2.27. The molecule has 5 nitrogen and oxygen atoms in total. The first-order valence-electron chi connectivity index (χ1n) is 7.92. The van der Waals surface area contributed by atoms with E-state index in [1.54, 1.807) is 0 Å². The lowest BCUT2D eigenvalue weighted by atomic mass is 9.94. The normalized spacial score (nSPS) is 21.4. The molecular formula is C16H24N4O. The van der Waals surface area contributed by atoms with Crippen LogP contribution in [0.4, 0.5) is 5.82 Å². The van der Waals surface area contributed by atoms with Crippen molar-refractivity contribution in [3.05, 3.63) is 22.9 Å². The van der Waals surface area contributed by atoms with Crippen LogP contribution < -0.4 is 10.6 Å². The second-order valence-corrected chi connectivity index (χ2v) is 6.20. The highest BCUT2D eigenvalue weighted by atomic mass is 16.3. The van der Waals surface area contributed by atoms with Gasteiger partial charge >= 0.3 is 0 Å². The van der Waals surface area contributed by atoms with Crippen molar-refractivity contribution in [3.63, 3.8) is 0 Å². The number of aryl methyl sites for hydroxylation is 2. The van der Waals surface area contributed by atoms with Crippen LogP contribution in [-0.4, -0.2) is 35.6 Å². The van der Waals surface area contributed by atoms with Crippen molar-refractivity contribution in [1.29, 1.82) is 5.41 Å². The van der Waals surface area contributed by atoms with E-state index in [0.29, 0.717) is 5.92 Å². The maximum atomic E-state index is 9.10. The van der Waals surface area contributed by atoms with Crippen molar-refractivity contribution in [2.45, 2.75) is 38.5 Å². The fourth-order valence-electron chi connectivity index (χ4n) is 3.51. The minimum Gasteiger partial charge on any atom is -0.396 e. The lowest BCUT2D eigenvalue weighted by Gasteiger charge is -2.24. The molecule has 0 bridgehead atoms. The van der Waals surface area contributed by atoms with Crippen LogP contribution in [0.1, 0.15) is 42.5 Å². The molecule has 0 spiro atoms. The number of fused-ring (bicyclic) bond motifs is 1. The summed E-state index contributed by atoms with van der Waals surface area (Å²) in [4.78, 5) is 7.10. The lowest BCUT2D eigenvalue weighted by molar-refractivity contribution is 0.263. The van der Waals surface area contributed by atoms with E-state index in [9.17, 15) is 0 Å². The molecule has 1 atom stereocenters. The monoisotopic (exact) mass is 288 g/mol. The quantitative estimate of drug-likeness (QED) is 0.578. The summed E-state index contributed by atoms with van der Waals surface area (Å²) in [7, 11) is 0. The summed E-state index contributed by atoms with van der Waals surface area (Å²) in [5.41, 5.74) is 9.02. The number of amidine groups is 1. The van der Waals surface area contributed by atoms with Gasteiger partial charge in [-0.15, -0.1) is 0 Å². The van der Waals surface area contributed by atoms with Gasteiger partial charge in [-0.05, 0) is 56.1 Å². The number of nitrogens with one attached hydrogen (secondary N) is 1. The molecule has 0 saturated carbocycles. The molecule has 3 rings (SSSR count). The SMILES string of the molecule is N=C(N)c1cc2c(nc1N1CCC(CCO)C1)CCCC2. The molecule has 21 heavy (non-hydrogen) atoms. The zero-order valence-corrected chi connectivity index (χ0v) is 12.4. The van der Waals surface area contributed by atoms with E-state index in [-0.39, 0.29) is 12.4 Å². The van der Waals surface area contributed by atoms with Crippen molar-refractivity contribution >= 4 is 11.7 Å². The minimum atomic E-state index is 0.108. The Kier molecular flexibility index (Phi) is 4.10. The summed E-state index contributed by atoms with van der Waals surface area (Å²) < 4.78 is 0. The molecule has 1 aliphatic heterocycles. The van der Waals surface area contributed by atoms with Gasteiger partial charge in [-0.3, -0.25) is 5.41 Å². The number of anilines is 1. The number of pyridine rings is 1. The van der Waals surface area contributed by atoms with Gasteiger partial charge in [0.2, 0.25) is 0 Å². The number of aliphatic hydroxyl groups excluding tert-OH is 1. The van der Waals surface area contributed by atoms with Gasteiger partial charge in [0.25, 0.3) is 0 Å². The Balaban J connectivity index is 1.91. The Hall–Kier alpha value is -1.62. The Morgan fingerprint density at radius 1 is 1.43 bits per heavy atom. The van der Waals surface area contributed by atoms with E-state index in [1.807, 2.05) is 0 Å². The number of hydrogen-bond donors (Lipinski definition) is 3. The fraction of sp³-hybridized carbons (Fsp3) is 0.625. The van der Waals surface area contributed by atoms with Crippen LogP contribution in [0.2, 0.25) is 0 Å². The van der Waals surface area contributed by atoms with Crippen LogP contribution in [-0.2, 0) is 12.8 Å². The third kappa shape index (κ3) is 2.88. The standard InChI is InChI=1S/C16H24N4O/c17-15(18)13-9-12-3-1-2-4-14(12)19-16(13)20-7-5-11(10-20)6-8-21/h9,11,21H,1-8,10H2,(H3,17,18). The number of nitrogens with two attached hydrogens (primary N) is 1. The van der Waals surface area contributed by atoms with Crippen LogP contribution in [0.25, 0.3) is 0 Å². The van der Waals surface area contributed by atoms with Crippen molar-refractivity contribution in [1.82, 2.24) is 4.98 Å². The lowest BCUT2D eigenvalue weighted by Crippen LogP contribution is -2.27. The number of nitrogens with zero attached hydrogens (tertiary/aromatic N) is 2. The van der Waals surface area contributed by atoms with Crippen LogP contribution >= 0.6 is 0 Å². The number of nitrogen functional groups attached to an aromatic ring is 1. The topological polar surface area (TPSA) is 86.2 Å². The molecule has 1 unspecified atom stereocenters. The van der Waals surface area contributed by atoms with E-state index < -0.39 is 0 Å². The molecule has 114 valence electrons. The van der Waals surface area contributed by atoms with E-state index in [0.717, 1.165) is 50.2 Å². The second-order valence-electron chi connectivity index (χ2n) is 6.20. The molecule has 0 radical (unpaired) electrons. The first-order valence-corrected chi connectivity index (χ1v) is 7.92. The molecule has 1 fully saturated rings. The summed E-state index contributed by atoms with van der Waals surface area (Å²) >= 11 is 0. The van der Waals surface area contributed by atoms with E-state index in [2.05, 4.69) is 11.0 Å². The van der Waals surface area contributed by atoms with Gasteiger partial charge in [-0.2, -0.15) is 0 Å². The molecule has 0 aromatic carbocycles. The molecule has 1 saturated heterocycles. The van der Waals surface area contributed by atoms with Gasteiger partial charge in [0.1, 0.15) is 11.7 Å². The van der Waals surface area contributed by atoms with Gasteiger partial charge in [0.05, 0.1) is 5.56 Å². The molecule has 1 aromatic rings. The van der Waals surface area contributed by atoms with Gasteiger partial charge in [0, 0.05) is 25.4 Å². The molecular weight excluding hydrogens is 264 g/mol. The molecule has 1 aliphatic carbocycles. The largest absolute Gasteiger partial charge is 0.396 e. The number of aliphatic hydroxyl groups is 1. The molecule has 0 amide bonds.